The Balaban J connectivity index is 2.01. The second-order valence-corrected chi connectivity index (χ2v) is 5.40. The van der Waals surface area contributed by atoms with Gasteiger partial charge in [-0.3, -0.25) is 4.79 Å². The van der Waals surface area contributed by atoms with E-state index in [1.165, 1.54) is 6.07 Å². The standard InChI is InChI=1S/C19H17F2NO3/c1-3-10-25-15-7-4-13(5-8-15)19(24)22-12(2)18(23)14-6-9-16(20)17(21)11-14/h1,4-9,11-12,18,23H,10H2,2H3,(H,22,24). The number of hydrogen-bond acceptors (Lipinski definition) is 3. The van der Waals surface area contributed by atoms with Crippen molar-refractivity contribution >= 4 is 5.91 Å². The van der Waals surface area contributed by atoms with Crippen LogP contribution in [0.3, 0.4) is 0 Å². The van der Waals surface area contributed by atoms with Crippen molar-refractivity contribution in [3.05, 3.63) is 65.2 Å². The molecular weight excluding hydrogens is 328 g/mol. The molecule has 2 unspecified atom stereocenters. The van der Waals surface area contributed by atoms with Crippen LogP contribution in [0, 0.1) is 24.0 Å². The van der Waals surface area contributed by atoms with Crippen molar-refractivity contribution in [2.24, 2.45) is 0 Å². The Bertz CT molecular complexity index is 784. The Morgan fingerprint density at radius 3 is 2.52 bits per heavy atom. The predicted octanol–water partition coefficient (Wildman–Crippen LogP) is 2.83. The van der Waals surface area contributed by atoms with Crippen LogP contribution in [0.4, 0.5) is 8.78 Å². The molecule has 0 spiro atoms. The number of carbonyl (C=O) groups excluding carboxylic acids is 1. The van der Waals surface area contributed by atoms with Gasteiger partial charge in [0.15, 0.2) is 11.6 Å². The minimum Gasteiger partial charge on any atom is -0.481 e. The van der Waals surface area contributed by atoms with Gasteiger partial charge in [-0.15, -0.1) is 6.42 Å². The van der Waals surface area contributed by atoms with Crippen molar-refractivity contribution in [3.8, 4) is 18.1 Å². The predicted molar refractivity (Wildman–Crippen MR) is 89.0 cm³/mol. The van der Waals surface area contributed by atoms with Gasteiger partial charge in [0, 0.05) is 5.56 Å². The number of ether oxygens (including phenoxy) is 1. The minimum atomic E-state index is -1.18. The number of rotatable bonds is 6. The van der Waals surface area contributed by atoms with Crippen molar-refractivity contribution in [1.82, 2.24) is 5.32 Å². The lowest BCUT2D eigenvalue weighted by Gasteiger charge is -2.21. The zero-order chi connectivity index (χ0) is 18.4. The van der Waals surface area contributed by atoms with Crippen LogP contribution in [0.25, 0.3) is 0 Å². The van der Waals surface area contributed by atoms with Crippen molar-refractivity contribution in [1.29, 1.82) is 0 Å². The SMILES string of the molecule is C#CCOc1ccc(C(=O)NC(C)C(O)c2ccc(F)c(F)c2)cc1. The molecule has 2 atom stereocenters. The van der Waals surface area contributed by atoms with E-state index in [9.17, 15) is 18.7 Å². The van der Waals surface area contributed by atoms with E-state index in [1.54, 1.807) is 31.2 Å². The van der Waals surface area contributed by atoms with Crippen LogP contribution in [0.1, 0.15) is 28.9 Å². The van der Waals surface area contributed by atoms with Crippen molar-refractivity contribution < 1.29 is 23.4 Å². The fraction of sp³-hybridized carbons (Fsp3) is 0.211. The van der Waals surface area contributed by atoms with Gasteiger partial charge in [0.05, 0.1) is 12.1 Å². The summed E-state index contributed by atoms with van der Waals surface area (Å²) in [6.07, 6.45) is 3.91. The average molecular weight is 345 g/mol. The Hall–Kier alpha value is -2.91. The lowest BCUT2D eigenvalue weighted by atomic mass is 10.0. The smallest absolute Gasteiger partial charge is 0.251 e. The molecule has 1 amide bonds. The minimum absolute atomic E-state index is 0.128. The number of halogens is 2. The summed E-state index contributed by atoms with van der Waals surface area (Å²) < 4.78 is 31.4. The molecule has 0 heterocycles. The number of carbonyl (C=O) groups is 1. The number of aliphatic hydroxyl groups is 1. The third kappa shape index (κ3) is 4.78. The Labute approximate surface area is 144 Å². The van der Waals surface area contributed by atoms with E-state index in [-0.39, 0.29) is 12.2 Å². The van der Waals surface area contributed by atoms with Crippen LogP contribution in [-0.2, 0) is 0 Å². The van der Waals surface area contributed by atoms with E-state index in [0.29, 0.717) is 11.3 Å². The van der Waals surface area contributed by atoms with Gasteiger partial charge in [0.1, 0.15) is 12.4 Å². The summed E-state index contributed by atoms with van der Waals surface area (Å²) in [6.45, 7) is 1.69. The topological polar surface area (TPSA) is 58.6 Å². The number of benzene rings is 2. The molecular formula is C19H17F2NO3. The van der Waals surface area contributed by atoms with Crippen LogP contribution in [-0.4, -0.2) is 23.7 Å². The van der Waals surface area contributed by atoms with Crippen molar-refractivity contribution in [2.75, 3.05) is 6.61 Å². The van der Waals surface area contributed by atoms with Gasteiger partial charge in [0.2, 0.25) is 0 Å². The Kier molecular flexibility index (Phi) is 6.09. The maximum Gasteiger partial charge on any atom is 0.251 e. The third-order valence-corrected chi connectivity index (χ3v) is 3.56. The summed E-state index contributed by atoms with van der Waals surface area (Å²) in [5.41, 5.74) is 0.530. The molecule has 6 heteroatoms. The van der Waals surface area contributed by atoms with E-state index >= 15 is 0 Å². The molecule has 0 saturated carbocycles. The first-order valence-electron chi connectivity index (χ1n) is 7.52. The molecule has 0 fully saturated rings. The molecule has 2 N–H and O–H groups in total. The molecule has 2 aromatic carbocycles. The fourth-order valence-corrected chi connectivity index (χ4v) is 2.18. The zero-order valence-corrected chi connectivity index (χ0v) is 13.5. The van der Waals surface area contributed by atoms with Gasteiger partial charge >= 0.3 is 0 Å². The van der Waals surface area contributed by atoms with E-state index < -0.39 is 29.7 Å². The zero-order valence-electron chi connectivity index (χ0n) is 13.5. The molecule has 0 aliphatic carbocycles. The lowest BCUT2D eigenvalue weighted by molar-refractivity contribution is 0.0851. The highest BCUT2D eigenvalue weighted by Gasteiger charge is 2.20. The second kappa shape index (κ2) is 8.27. The highest BCUT2D eigenvalue weighted by atomic mass is 19.2. The molecule has 0 aliphatic rings. The van der Waals surface area contributed by atoms with E-state index in [2.05, 4.69) is 11.2 Å². The van der Waals surface area contributed by atoms with Gasteiger partial charge in [-0.1, -0.05) is 12.0 Å². The van der Waals surface area contributed by atoms with Crippen LogP contribution in [0.5, 0.6) is 5.75 Å². The number of aliphatic hydroxyl groups excluding tert-OH is 1. The molecule has 0 aliphatic heterocycles. The average Bonchev–Trinajstić information content (AvgIpc) is 2.62. The number of amides is 1. The number of hydrogen-bond donors (Lipinski definition) is 2. The summed E-state index contributed by atoms with van der Waals surface area (Å²) >= 11 is 0. The molecule has 130 valence electrons. The van der Waals surface area contributed by atoms with Gasteiger partial charge in [-0.2, -0.15) is 0 Å². The molecule has 2 aromatic rings. The van der Waals surface area contributed by atoms with Crippen LogP contribution < -0.4 is 10.1 Å². The van der Waals surface area contributed by atoms with Gasteiger partial charge in [-0.25, -0.2) is 8.78 Å². The lowest BCUT2D eigenvalue weighted by Crippen LogP contribution is -2.37. The van der Waals surface area contributed by atoms with Crippen molar-refractivity contribution in [3.63, 3.8) is 0 Å². The summed E-state index contributed by atoms with van der Waals surface area (Å²) in [5, 5.41) is 12.8. The van der Waals surface area contributed by atoms with E-state index in [1.807, 2.05) is 0 Å². The molecule has 0 radical (unpaired) electrons. The molecule has 4 nitrogen and oxygen atoms in total. The second-order valence-electron chi connectivity index (χ2n) is 5.40. The molecule has 0 aromatic heterocycles. The highest BCUT2D eigenvalue weighted by Crippen LogP contribution is 2.20. The summed E-state index contributed by atoms with van der Waals surface area (Å²) in [4.78, 5) is 12.2. The fourth-order valence-electron chi connectivity index (χ4n) is 2.18. The first-order chi connectivity index (χ1) is 11.9. The van der Waals surface area contributed by atoms with Crippen LogP contribution in [0.2, 0.25) is 0 Å². The molecule has 0 saturated heterocycles. The van der Waals surface area contributed by atoms with Gasteiger partial charge < -0.3 is 15.2 Å². The summed E-state index contributed by atoms with van der Waals surface area (Å²) in [7, 11) is 0. The first kappa shape index (κ1) is 18.4. The Morgan fingerprint density at radius 1 is 1.24 bits per heavy atom. The maximum atomic E-state index is 13.3. The largest absolute Gasteiger partial charge is 0.481 e. The van der Waals surface area contributed by atoms with E-state index in [0.717, 1.165) is 12.1 Å². The van der Waals surface area contributed by atoms with Gasteiger partial charge in [-0.05, 0) is 48.9 Å². The molecule has 25 heavy (non-hydrogen) atoms. The summed E-state index contributed by atoms with van der Waals surface area (Å²) in [6, 6.07) is 8.69. The quantitative estimate of drug-likeness (QED) is 0.792. The number of terminal acetylenes is 1. The monoisotopic (exact) mass is 345 g/mol. The third-order valence-electron chi connectivity index (χ3n) is 3.56. The number of nitrogens with one attached hydrogen (secondary N) is 1. The summed E-state index contributed by atoms with van der Waals surface area (Å²) in [5.74, 6) is 0.391. The highest BCUT2D eigenvalue weighted by molar-refractivity contribution is 5.94. The van der Waals surface area contributed by atoms with Gasteiger partial charge in [0.25, 0.3) is 5.91 Å². The maximum absolute atomic E-state index is 13.3. The van der Waals surface area contributed by atoms with Crippen molar-refractivity contribution in [2.45, 2.75) is 19.1 Å². The van der Waals surface area contributed by atoms with Crippen LogP contribution >= 0.6 is 0 Å². The normalized spacial score (nSPS) is 12.8. The van der Waals surface area contributed by atoms with Crippen LogP contribution in [0.15, 0.2) is 42.5 Å². The van der Waals surface area contributed by atoms with E-state index in [4.69, 9.17) is 11.2 Å². The first-order valence-corrected chi connectivity index (χ1v) is 7.52. The molecule has 0 bridgehead atoms. The molecule has 2 rings (SSSR count). The Morgan fingerprint density at radius 2 is 1.92 bits per heavy atom.